The van der Waals surface area contributed by atoms with Gasteiger partial charge in [0.1, 0.15) is 0 Å². The van der Waals surface area contributed by atoms with Crippen LogP contribution in [0.3, 0.4) is 0 Å². The summed E-state index contributed by atoms with van der Waals surface area (Å²) >= 11 is 0. The topological polar surface area (TPSA) is 62.6 Å². The molecular formula is C11H16BF2NO3. The van der Waals surface area contributed by atoms with Crippen molar-refractivity contribution >= 4 is 12.6 Å². The molecule has 18 heavy (non-hydrogen) atoms. The predicted molar refractivity (Wildman–Crippen MR) is 63.2 cm³/mol. The molecule has 0 unspecified atom stereocenters. The van der Waals surface area contributed by atoms with Crippen LogP contribution in [0.25, 0.3) is 0 Å². The van der Waals surface area contributed by atoms with Gasteiger partial charge in [-0.3, -0.25) is 0 Å². The molecule has 0 fully saturated rings. The Labute approximate surface area is 105 Å². The molecule has 0 atom stereocenters. The van der Waals surface area contributed by atoms with Crippen molar-refractivity contribution in [1.82, 2.24) is 4.98 Å². The largest absolute Gasteiger partial charge is 0.491 e. The fraction of sp³-hybridized carbons (Fsp3) is 0.545. The lowest BCUT2D eigenvalue weighted by Crippen LogP contribution is -2.53. The number of hydrogen-bond donors (Lipinski definition) is 2. The fourth-order valence-corrected chi connectivity index (χ4v) is 1.12. The second-order valence-corrected chi connectivity index (χ2v) is 5.09. The van der Waals surface area contributed by atoms with E-state index in [9.17, 15) is 18.9 Å². The number of rotatable bonds is 4. The molecule has 0 aliphatic carbocycles. The Morgan fingerprint density at radius 2 is 1.61 bits per heavy atom. The van der Waals surface area contributed by atoms with E-state index >= 15 is 0 Å². The van der Waals surface area contributed by atoms with E-state index in [1.165, 1.54) is 13.8 Å². The Hall–Kier alpha value is -1.05. The predicted octanol–water partition coefficient (Wildman–Crippen LogP) is 0.613. The second-order valence-electron chi connectivity index (χ2n) is 5.09. The van der Waals surface area contributed by atoms with E-state index in [0.717, 1.165) is 12.1 Å². The first-order valence-corrected chi connectivity index (χ1v) is 5.44. The molecule has 0 aliphatic rings. The first-order chi connectivity index (χ1) is 8.03. The van der Waals surface area contributed by atoms with Gasteiger partial charge in [0, 0.05) is 0 Å². The molecule has 0 aliphatic heterocycles. The lowest BCUT2D eigenvalue weighted by molar-refractivity contribution is -0.0982. The van der Waals surface area contributed by atoms with Crippen molar-refractivity contribution in [2.75, 3.05) is 0 Å². The van der Waals surface area contributed by atoms with Crippen LogP contribution >= 0.6 is 0 Å². The Morgan fingerprint density at radius 1 is 1.17 bits per heavy atom. The maximum Gasteiger partial charge on any atom is 0.491 e. The highest BCUT2D eigenvalue weighted by atomic mass is 19.1. The van der Waals surface area contributed by atoms with Gasteiger partial charge in [-0.05, 0) is 45.3 Å². The third-order valence-corrected chi connectivity index (χ3v) is 2.95. The summed E-state index contributed by atoms with van der Waals surface area (Å²) in [6.45, 7) is 6.13. The van der Waals surface area contributed by atoms with Gasteiger partial charge in [0.2, 0.25) is 11.9 Å². The highest BCUT2D eigenvalue weighted by molar-refractivity contribution is 6.60. The standard InChI is InChI=1S/C11H16BF2NO3/c1-10(2,16)11(3,4)18-12(17)7-5-8(13)15-9(14)6-7/h5-6,16-17H,1-4H3. The van der Waals surface area contributed by atoms with Crippen LogP contribution in [0.1, 0.15) is 27.7 Å². The smallest absolute Gasteiger partial charge is 0.423 e. The van der Waals surface area contributed by atoms with Crippen LogP contribution in [0.4, 0.5) is 8.78 Å². The van der Waals surface area contributed by atoms with Crippen molar-refractivity contribution in [2.45, 2.75) is 38.9 Å². The van der Waals surface area contributed by atoms with Crippen LogP contribution in [0.2, 0.25) is 0 Å². The molecule has 0 radical (unpaired) electrons. The normalized spacial score (nSPS) is 12.7. The zero-order valence-corrected chi connectivity index (χ0v) is 10.7. The zero-order valence-electron chi connectivity index (χ0n) is 10.7. The number of aromatic nitrogens is 1. The molecule has 4 nitrogen and oxygen atoms in total. The molecule has 2 N–H and O–H groups in total. The summed E-state index contributed by atoms with van der Waals surface area (Å²) in [4.78, 5) is 2.91. The third-order valence-electron chi connectivity index (χ3n) is 2.95. The van der Waals surface area contributed by atoms with Crippen molar-refractivity contribution in [1.29, 1.82) is 0 Å². The SMILES string of the molecule is CC(C)(O)C(C)(C)OB(O)c1cc(F)nc(F)c1. The van der Waals surface area contributed by atoms with Crippen LogP contribution in [-0.2, 0) is 4.65 Å². The number of halogens is 2. The Kier molecular flexibility index (Phi) is 4.10. The summed E-state index contributed by atoms with van der Waals surface area (Å²) in [5.74, 6) is -2.09. The van der Waals surface area contributed by atoms with Crippen molar-refractivity contribution < 1.29 is 23.6 Å². The van der Waals surface area contributed by atoms with E-state index in [4.69, 9.17) is 4.65 Å². The summed E-state index contributed by atoms with van der Waals surface area (Å²) < 4.78 is 31.0. The summed E-state index contributed by atoms with van der Waals surface area (Å²) in [6, 6.07) is 1.74. The molecule has 100 valence electrons. The lowest BCUT2D eigenvalue weighted by atomic mass is 9.77. The van der Waals surface area contributed by atoms with Gasteiger partial charge < -0.3 is 14.8 Å². The van der Waals surface area contributed by atoms with Crippen LogP contribution < -0.4 is 5.46 Å². The van der Waals surface area contributed by atoms with Gasteiger partial charge in [-0.15, -0.1) is 0 Å². The Morgan fingerprint density at radius 3 is 2.00 bits per heavy atom. The van der Waals surface area contributed by atoms with Crippen molar-refractivity contribution in [3.8, 4) is 0 Å². The molecule has 0 bridgehead atoms. The molecule has 1 aromatic heterocycles. The van der Waals surface area contributed by atoms with Gasteiger partial charge in [-0.25, -0.2) is 0 Å². The minimum Gasteiger partial charge on any atom is -0.423 e. The molecule has 0 aromatic carbocycles. The number of nitrogens with zero attached hydrogens (tertiary/aromatic N) is 1. The van der Waals surface area contributed by atoms with E-state index in [1.807, 2.05) is 0 Å². The number of aliphatic hydroxyl groups is 1. The molecule has 7 heteroatoms. The summed E-state index contributed by atoms with van der Waals surface area (Å²) in [7, 11) is -1.56. The van der Waals surface area contributed by atoms with E-state index in [2.05, 4.69) is 4.98 Å². The minimum absolute atomic E-state index is 0.0997. The molecule has 0 saturated heterocycles. The number of pyridine rings is 1. The maximum atomic E-state index is 12.9. The summed E-state index contributed by atoms with van der Waals surface area (Å²) in [5, 5.41) is 19.6. The molecular weight excluding hydrogens is 243 g/mol. The van der Waals surface area contributed by atoms with Gasteiger partial charge in [-0.2, -0.15) is 13.8 Å². The maximum absolute atomic E-state index is 12.9. The van der Waals surface area contributed by atoms with Gasteiger partial charge in [0.05, 0.1) is 11.2 Å². The van der Waals surface area contributed by atoms with Crippen molar-refractivity contribution in [3.63, 3.8) is 0 Å². The van der Waals surface area contributed by atoms with Crippen molar-refractivity contribution in [3.05, 3.63) is 24.0 Å². The highest BCUT2D eigenvalue weighted by Crippen LogP contribution is 2.25. The average molecular weight is 259 g/mol. The zero-order chi connectivity index (χ0) is 14.1. The first-order valence-electron chi connectivity index (χ1n) is 5.44. The molecule has 1 heterocycles. The van der Waals surface area contributed by atoms with E-state index < -0.39 is 30.2 Å². The van der Waals surface area contributed by atoms with Gasteiger partial charge in [0.15, 0.2) is 0 Å². The molecule has 1 rings (SSSR count). The fourth-order valence-electron chi connectivity index (χ4n) is 1.12. The molecule has 1 aromatic rings. The third kappa shape index (κ3) is 3.47. The first kappa shape index (κ1) is 15.0. The Balaban J connectivity index is 2.92. The van der Waals surface area contributed by atoms with Crippen LogP contribution in [0, 0.1) is 11.9 Å². The summed E-state index contributed by atoms with van der Waals surface area (Å²) in [5.41, 5.74) is -2.45. The number of hydrogen-bond acceptors (Lipinski definition) is 4. The van der Waals surface area contributed by atoms with Crippen LogP contribution in [0.5, 0.6) is 0 Å². The van der Waals surface area contributed by atoms with Gasteiger partial charge in [-0.1, -0.05) is 0 Å². The molecule has 0 saturated carbocycles. The van der Waals surface area contributed by atoms with Gasteiger partial charge in [0.25, 0.3) is 0 Å². The quantitative estimate of drug-likeness (QED) is 0.614. The van der Waals surface area contributed by atoms with Crippen LogP contribution in [-0.4, -0.2) is 33.4 Å². The van der Waals surface area contributed by atoms with Crippen molar-refractivity contribution in [2.24, 2.45) is 0 Å². The minimum atomic E-state index is -1.56. The van der Waals surface area contributed by atoms with E-state index in [0.29, 0.717) is 0 Å². The molecule has 0 spiro atoms. The average Bonchev–Trinajstić information content (AvgIpc) is 2.13. The monoisotopic (exact) mass is 259 g/mol. The molecule has 0 amide bonds. The summed E-state index contributed by atoms with van der Waals surface area (Å²) in [6.07, 6.45) is 0. The highest BCUT2D eigenvalue weighted by Gasteiger charge is 2.39. The lowest BCUT2D eigenvalue weighted by Gasteiger charge is -2.38. The second kappa shape index (κ2) is 4.91. The van der Waals surface area contributed by atoms with E-state index in [-0.39, 0.29) is 5.46 Å². The van der Waals surface area contributed by atoms with Gasteiger partial charge >= 0.3 is 7.12 Å². The van der Waals surface area contributed by atoms with Crippen LogP contribution in [0.15, 0.2) is 12.1 Å². The van der Waals surface area contributed by atoms with E-state index in [1.54, 1.807) is 13.8 Å². The Bertz CT molecular complexity index is 415.